The lowest BCUT2D eigenvalue weighted by Gasteiger charge is -2.32. The smallest absolute Gasteiger partial charge is 0.490 e. The van der Waals surface area contributed by atoms with Crippen LogP contribution < -0.4 is 14.4 Å². The van der Waals surface area contributed by atoms with Gasteiger partial charge >= 0.3 is 12.3 Å². The summed E-state index contributed by atoms with van der Waals surface area (Å²) in [5.41, 5.74) is 2.77. The monoisotopic (exact) mass is 607 g/mol. The maximum Gasteiger partial charge on any atom is 0.573 e. The molecule has 0 atom stereocenters. The van der Waals surface area contributed by atoms with Crippen LogP contribution in [-0.4, -0.2) is 46.8 Å². The molecule has 4 aromatic rings. The molecule has 2 aliphatic rings. The lowest BCUT2D eigenvalue weighted by molar-refractivity contribution is -0.274. The molecule has 8 nitrogen and oxygen atoms in total. The number of hydrogen-bond donors (Lipinski definition) is 1. The first-order valence-corrected chi connectivity index (χ1v) is 14.7. The van der Waals surface area contributed by atoms with E-state index in [9.17, 15) is 23.1 Å². The van der Waals surface area contributed by atoms with Gasteiger partial charge in [0.25, 0.3) is 0 Å². The molecule has 2 aromatic heterocycles. The van der Waals surface area contributed by atoms with Crippen LogP contribution in [0.15, 0.2) is 59.1 Å². The van der Waals surface area contributed by atoms with Gasteiger partial charge in [-0.25, -0.2) is 9.78 Å². The molecule has 0 unspecified atom stereocenters. The molecule has 0 spiro atoms. The molecule has 1 N–H and O–H groups in total. The van der Waals surface area contributed by atoms with E-state index in [0.29, 0.717) is 28.3 Å². The highest BCUT2D eigenvalue weighted by molar-refractivity contribution is 5.94. The highest BCUT2D eigenvalue weighted by atomic mass is 19.4. The van der Waals surface area contributed by atoms with Crippen molar-refractivity contribution in [2.24, 2.45) is 5.92 Å². The van der Waals surface area contributed by atoms with Gasteiger partial charge in [-0.15, -0.1) is 13.2 Å². The van der Waals surface area contributed by atoms with Crippen molar-refractivity contribution >= 4 is 28.6 Å². The number of fused-ring (bicyclic) bond motifs is 1. The van der Waals surface area contributed by atoms with E-state index in [1.54, 1.807) is 12.1 Å². The fourth-order valence-corrected chi connectivity index (χ4v) is 5.60. The van der Waals surface area contributed by atoms with Crippen LogP contribution in [0, 0.1) is 5.92 Å². The number of rotatable bonds is 9. The summed E-state index contributed by atoms with van der Waals surface area (Å²) in [6.07, 6.45) is 2.75. The molecule has 2 aromatic carbocycles. The van der Waals surface area contributed by atoms with E-state index in [1.165, 1.54) is 18.2 Å². The molecule has 11 heteroatoms. The average Bonchev–Trinajstić information content (AvgIpc) is 3.74. The number of anilines is 1. The van der Waals surface area contributed by atoms with E-state index >= 15 is 0 Å². The highest BCUT2D eigenvalue weighted by Crippen LogP contribution is 2.46. The number of carbonyl (C=O) groups is 1. The second-order valence-corrected chi connectivity index (χ2v) is 11.5. The fourth-order valence-electron chi connectivity index (χ4n) is 5.60. The summed E-state index contributed by atoms with van der Waals surface area (Å²) in [6.45, 7) is 5.35. The van der Waals surface area contributed by atoms with Crippen molar-refractivity contribution in [3.05, 3.63) is 71.6 Å². The maximum atomic E-state index is 13.1. The standard InChI is InChI=1S/C33H32F3N3O5/c1-19(2)42-29-18-27(32(40)41)37-26-12-10-22(17-25(26)29)39-15-13-20(14-16-39)7-11-24-30(38-44-31(24)21-8-9-21)23-5-3-4-6-28(23)43-33(34,35)36/h3-7,10-12,17-21H,8-9,13-16H2,1-2H3,(H,40,41). The molecule has 0 amide bonds. The molecule has 44 heavy (non-hydrogen) atoms. The van der Waals surface area contributed by atoms with Crippen molar-refractivity contribution < 1.29 is 37.1 Å². The minimum Gasteiger partial charge on any atom is -0.490 e. The number of piperidine rings is 1. The molecule has 230 valence electrons. The first-order chi connectivity index (χ1) is 21.1. The lowest BCUT2D eigenvalue weighted by Crippen LogP contribution is -2.33. The normalized spacial score (nSPS) is 16.3. The Kier molecular flexibility index (Phi) is 7.96. The summed E-state index contributed by atoms with van der Waals surface area (Å²) in [6, 6.07) is 13.2. The zero-order valence-corrected chi connectivity index (χ0v) is 24.3. The predicted octanol–water partition coefficient (Wildman–Crippen LogP) is 8.08. The van der Waals surface area contributed by atoms with Crippen LogP contribution in [-0.2, 0) is 0 Å². The topological polar surface area (TPSA) is 97.9 Å². The van der Waals surface area contributed by atoms with Gasteiger partial charge in [0.15, 0.2) is 5.69 Å². The lowest BCUT2D eigenvalue weighted by atomic mass is 9.94. The minimum atomic E-state index is -4.82. The largest absolute Gasteiger partial charge is 0.573 e. The number of pyridine rings is 1. The van der Waals surface area contributed by atoms with Crippen LogP contribution in [0.25, 0.3) is 28.2 Å². The Labute approximate surface area is 252 Å². The Morgan fingerprint density at radius 3 is 2.50 bits per heavy atom. The number of aromatic nitrogens is 2. The van der Waals surface area contributed by atoms with Gasteiger partial charge < -0.3 is 24.0 Å². The first-order valence-electron chi connectivity index (χ1n) is 14.7. The van der Waals surface area contributed by atoms with Crippen LogP contribution in [0.2, 0.25) is 0 Å². The Morgan fingerprint density at radius 1 is 1.07 bits per heavy atom. The number of benzene rings is 2. The third-order valence-electron chi connectivity index (χ3n) is 7.85. The number of nitrogens with zero attached hydrogens (tertiary/aromatic N) is 3. The van der Waals surface area contributed by atoms with E-state index < -0.39 is 12.3 Å². The van der Waals surface area contributed by atoms with E-state index in [0.717, 1.165) is 49.8 Å². The number of alkyl halides is 3. The molecule has 6 rings (SSSR count). The summed E-state index contributed by atoms with van der Waals surface area (Å²) >= 11 is 0. The Balaban J connectivity index is 1.21. The third-order valence-corrected chi connectivity index (χ3v) is 7.85. The molecule has 0 bridgehead atoms. The second-order valence-electron chi connectivity index (χ2n) is 11.5. The van der Waals surface area contributed by atoms with Crippen LogP contribution >= 0.6 is 0 Å². The molecule has 1 saturated carbocycles. The van der Waals surface area contributed by atoms with E-state index in [2.05, 4.69) is 25.9 Å². The zero-order valence-electron chi connectivity index (χ0n) is 24.3. The van der Waals surface area contributed by atoms with Crippen molar-refractivity contribution in [2.45, 2.75) is 57.9 Å². The zero-order chi connectivity index (χ0) is 31.0. The Morgan fingerprint density at radius 2 is 1.82 bits per heavy atom. The molecular weight excluding hydrogens is 575 g/mol. The first kappa shape index (κ1) is 29.5. The minimum absolute atomic E-state index is 0.0642. The number of para-hydroxylation sites is 1. The molecule has 2 fully saturated rings. The summed E-state index contributed by atoms with van der Waals surface area (Å²) in [7, 11) is 0. The fraction of sp³-hybridized carbons (Fsp3) is 0.364. The number of hydrogen-bond acceptors (Lipinski definition) is 7. The summed E-state index contributed by atoms with van der Waals surface area (Å²) in [4.78, 5) is 18.1. The van der Waals surface area contributed by atoms with Gasteiger partial charge in [0.05, 0.1) is 11.6 Å². The van der Waals surface area contributed by atoms with Gasteiger partial charge in [-0.1, -0.05) is 29.4 Å². The predicted molar refractivity (Wildman–Crippen MR) is 159 cm³/mol. The van der Waals surface area contributed by atoms with Crippen LogP contribution in [0.3, 0.4) is 0 Å². The molecule has 1 aliphatic carbocycles. The quantitative estimate of drug-likeness (QED) is 0.204. The van der Waals surface area contributed by atoms with E-state index in [1.807, 2.05) is 38.1 Å². The van der Waals surface area contributed by atoms with Crippen molar-refractivity contribution in [3.63, 3.8) is 0 Å². The number of ether oxygens (including phenoxy) is 2. The van der Waals surface area contributed by atoms with Gasteiger partial charge in [-0.05, 0) is 75.8 Å². The summed E-state index contributed by atoms with van der Waals surface area (Å²) in [5, 5.41) is 14.4. The Hall–Kier alpha value is -4.54. The van der Waals surface area contributed by atoms with Gasteiger partial charge in [-0.2, -0.15) is 0 Å². The maximum absolute atomic E-state index is 13.1. The van der Waals surface area contributed by atoms with Gasteiger partial charge in [-0.3, -0.25) is 0 Å². The number of carboxylic acid groups (broad SMARTS) is 1. The van der Waals surface area contributed by atoms with Crippen molar-refractivity contribution in [2.75, 3.05) is 18.0 Å². The number of aromatic carboxylic acids is 1. The van der Waals surface area contributed by atoms with Gasteiger partial charge in [0, 0.05) is 47.3 Å². The average molecular weight is 608 g/mol. The van der Waals surface area contributed by atoms with Crippen LogP contribution in [0.1, 0.15) is 67.3 Å². The van der Waals surface area contributed by atoms with Crippen LogP contribution in [0.4, 0.5) is 18.9 Å². The summed E-state index contributed by atoms with van der Waals surface area (Å²) in [5.74, 6) is 0.229. The van der Waals surface area contributed by atoms with Gasteiger partial charge in [0.2, 0.25) is 0 Å². The van der Waals surface area contributed by atoms with Crippen LogP contribution in [0.5, 0.6) is 11.5 Å². The molecule has 3 heterocycles. The number of carboxylic acids is 1. The Bertz CT molecular complexity index is 1700. The van der Waals surface area contributed by atoms with E-state index in [-0.39, 0.29) is 34.9 Å². The molecule has 1 saturated heterocycles. The van der Waals surface area contributed by atoms with Crippen molar-refractivity contribution in [3.8, 4) is 22.8 Å². The van der Waals surface area contributed by atoms with E-state index in [4.69, 9.17) is 9.26 Å². The SMILES string of the molecule is CC(C)Oc1cc(C(=O)O)nc2ccc(N3CCC(C=Cc4c(-c5ccccc5OC(F)(F)F)noc4C4CC4)CC3)cc12. The van der Waals surface area contributed by atoms with Crippen molar-refractivity contribution in [1.82, 2.24) is 10.1 Å². The van der Waals surface area contributed by atoms with Gasteiger partial charge in [0.1, 0.15) is 23.0 Å². The third kappa shape index (κ3) is 6.51. The molecule has 0 radical (unpaired) electrons. The number of halogens is 3. The number of allylic oxidation sites excluding steroid dienone is 1. The highest BCUT2D eigenvalue weighted by Gasteiger charge is 2.35. The molecular formula is C33H32F3N3O5. The second kappa shape index (κ2) is 11.9. The summed E-state index contributed by atoms with van der Waals surface area (Å²) < 4.78 is 55.2. The molecule has 1 aliphatic heterocycles. The van der Waals surface area contributed by atoms with Crippen molar-refractivity contribution in [1.29, 1.82) is 0 Å².